The Morgan fingerprint density at radius 3 is 2.41 bits per heavy atom. The fourth-order valence-corrected chi connectivity index (χ4v) is 1.50. The lowest BCUT2D eigenvalue weighted by Gasteiger charge is -2.33. The van der Waals surface area contributed by atoms with Crippen LogP contribution in [0.15, 0.2) is 12.3 Å². The minimum absolute atomic E-state index is 0.274. The summed E-state index contributed by atoms with van der Waals surface area (Å²) in [6.07, 6.45) is 2.79. The smallest absolute Gasteiger partial charge is 0.409 e. The van der Waals surface area contributed by atoms with Crippen LogP contribution in [0.5, 0.6) is 0 Å². The molecule has 17 heavy (non-hydrogen) atoms. The van der Waals surface area contributed by atoms with Gasteiger partial charge in [-0.15, -0.1) is 0 Å². The van der Waals surface area contributed by atoms with Crippen LogP contribution in [0.1, 0.15) is 6.92 Å². The molecule has 1 fully saturated rings. The lowest BCUT2D eigenvalue weighted by molar-refractivity contribution is -0.134. The van der Waals surface area contributed by atoms with Gasteiger partial charge in [-0.2, -0.15) is 0 Å². The SMILES string of the molecule is CCOC(=O)N1CCN(/C=C/C(=O)OC)CC1. The summed E-state index contributed by atoms with van der Waals surface area (Å²) in [5.74, 6) is -0.377. The summed E-state index contributed by atoms with van der Waals surface area (Å²) in [7, 11) is 1.34. The maximum Gasteiger partial charge on any atom is 0.409 e. The largest absolute Gasteiger partial charge is 0.466 e. The highest BCUT2D eigenvalue weighted by molar-refractivity contribution is 5.81. The van der Waals surface area contributed by atoms with Gasteiger partial charge in [-0.3, -0.25) is 0 Å². The van der Waals surface area contributed by atoms with E-state index in [1.54, 1.807) is 18.0 Å². The zero-order chi connectivity index (χ0) is 12.7. The molecule has 0 N–H and O–H groups in total. The molecule has 1 heterocycles. The predicted octanol–water partition coefficient (Wildman–Crippen LogP) is 0.447. The lowest BCUT2D eigenvalue weighted by Crippen LogP contribution is -2.47. The van der Waals surface area contributed by atoms with Crippen LogP contribution in [0.2, 0.25) is 0 Å². The van der Waals surface area contributed by atoms with Crippen LogP contribution in [-0.2, 0) is 14.3 Å². The zero-order valence-electron chi connectivity index (χ0n) is 10.2. The van der Waals surface area contributed by atoms with Gasteiger partial charge in [0.1, 0.15) is 0 Å². The molecule has 1 rings (SSSR count). The van der Waals surface area contributed by atoms with Gasteiger partial charge in [0.15, 0.2) is 0 Å². The fraction of sp³-hybridized carbons (Fsp3) is 0.636. The number of carbonyl (C=O) groups is 2. The highest BCUT2D eigenvalue weighted by Gasteiger charge is 2.20. The predicted molar refractivity (Wildman–Crippen MR) is 61.3 cm³/mol. The molecule has 1 aliphatic heterocycles. The van der Waals surface area contributed by atoms with Crippen molar-refractivity contribution in [3.05, 3.63) is 12.3 Å². The van der Waals surface area contributed by atoms with Crippen molar-refractivity contribution < 1.29 is 19.1 Å². The molecule has 1 amide bonds. The number of hydrogen-bond donors (Lipinski definition) is 0. The van der Waals surface area contributed by atoms with Crippen molar-refractivity contribution in [2.24, 2.45) is 0 Å². The van der Waals surface area contributed by atoms with Crippen molar-refractivity contribution in [1.29, 1.82) is 0 Å². The van der Waals surface area contributed by atoms with E-state index in [-0.39, 0.29) is 12.1 Å². The molecule has 0 aromatic carbocycles. The second-order valence-electron chi connectivity index (χ2n) is 3.56. The van der Waals surface area contributed by atoms with Crippen LogP contribution in [-0.4, -0.2) is 61.8 Å². The van der Waals surface area contributed by atoms with Crippen LogP contribution >= 0.6 is 0 Å². The van der Waals surface area contributed by atoms with E-state index < -0.39 is 0 Å². The number of hydrogen-bond acceptors (Lipinski definition) is 5. The Kier molecular flexibility index (Phi) is 5.32. The third kappa shape index (κ3) is 4.34. The van der Waals surface area contributed by atoms with Crippen molar-refractivity contribution in [3.8, 4) is 0 Å². The molecule has 0 bridgehead atoms. The van der Waals surface area contributed by atoms with Gasteiger partial charge in [0, 0.05) is 38.5 Å². The Hall–Kier alpha value is -1.72. The van der Waals surface area contributed by atoms with E-state index >= 15 is 0 Å². The molecule has 0 spiro atoms. The van der Waals surface area contributed by atoms with Crippen LogP contribution < -0.4 is 0 Å². The first kappa shape index (κ1) is 13.3. The Labute approximate surface area is 101 Å². The number of piperazine rings is 1. The Morgan fingerprint density at radius 1 is 1.24 bits per heavy atom. The first-order valence-corrected chi connectivity index (χ1v) is 5.59. The molecule has 0 saturated carbocycles. The molecule has 0 atom stereocenters. The van der Waals surface area contributed by atoms with E-state index in [1.165, 1.54) is 13.2 Å². The number of esters is 1. The molecule has 6 nitrogen and oxygen atoms in total. The van der Waals surface area contributed by atoms with Gasteiger partial charge < -0.3 is 19.3 Å². The van der Waals surface area contributed by atoms with Crippen LogP contribution in [0, 0.1) is 0 Å². The third-order valence-corrected chi connectivity index (χ3v) is 2.46. The molecule has 1 saturated heterocycles. The number of carbonyl (C=O) groups excluding carboxylic acids is 2. The van der Waals surface area contributed by atoms with Gasteiger partial charge in [-0.05, 0) is 6.92 Å². The van der Waals surface area contributed by atoms with Crippen LogP contribution in [0.4, 0.5) is 4.79 Å². The molecular weight excluding hydrogens is 224 g/mol. The second kappa shape index (κ2) is 6.78. The number of rotatable bonds is 3. The van der Waals surface area contributed by atoms with E-state index in [9.17, 15) is 9.59 Å². The van der Waals surface area contributed by atoms with Crippen LogP contribution in [0.25, 0.3) is 0 Å². The number of amides is 1. The molecule has 0 unspecified atom stereocenters. The molecule has 0 aliphatic carbocycles. The minimum atomic E-state index is -0.377. The molecule has 0 aromatic heterocycles. The van der Waals surface area contributed by atoms with Gasteiger partial charge in [0.2, 0.25) is 0 Å². The molecule has 1 aliphatic rings. The van der Waals surface area contributed by atoms with Crippen molar-refractivity contribution in [1.82, 2.24) is 9.80 Å². The number of methoxy groups -OCH3 is 1. The summed E-state index contributed by atoms with van der Waals surface area (Å²) < 4.78 is 9.40. The van der Waals surface area contributed by atoms with Gasteiger partial charge >= 0.3 is 12.1 Å². The number of ether oxygens (including phenoxy) is 2. The monoisotopic (exact) mass is 242 g/mol. The third-order valence-electron chi connectivity index (χ3n) is 2.46. The second-order valence-corrected chi connectivity index (χ2v) is 3.56. The highest BCUT2D eigenvalue weighted by Crippen LogP contribution is 2.04. The van der Waals surface area contributed by atoms with Crippen molar-refractivity contribution in [3.63, 3.8) is 0 Å². The van der Waals surface area contributed by atoms with E-state index in [0.717, 1.165) is 0 Å². The normalized spacial score (nSPS) is 16.1. The minimum Gasteiger partial charge on any atom is -0.466 e. The van der Waals surface area contributed by atoms with Gasteiger partial charge in [0.25, 0.3) is 0 Å². The summed E-state index contributed by atoms with van der Waals surface area (Å²) in [5.41, 5.74) is 0. The lowest BCUT2D eigenvalue weighted by atomic mass is 10.3. The fourth-order valence-electron chi connectivity index (χ4n) is 1.50. The number of nitrogens with zero attached hydrogens (tertiary/aromatic N) is 2. The van der Waals surface area contributed by atoms with E-state index in [0.29, 0.717) is 32.8 Å². The topological polar surface area (TPSA) is 59.1 Å². The van der Waals surface area contributed by atoms with Crippen molar-refractivity contribution in [2.45, 2.75) is 6.92 Å². The summed E-state index contributed by atoms with van der Waals surface area (Å²) in [5, 5.41) is 0. The van der Waals surface area contributed by atoms with Crippen molar-refractivity contribution in [2.75, 3.05) is 39.9 Å². The Bertz CT molecular complexity index is 296. The zero-order valence-corrected chi connectivity index (χ0v) is 10.2. The van der Waals surface area contributed by atoms with E-state index in [4.69, 9.17) is 4.74 Å². The summed E-state index contributed by atoms with van der Waals surface area (Å²) in [6, 6.07) is 0. The Balaban J connectivity index is 2.33. The van der Waals surface area contributed by atoms with Gasteiger partial charge in [0.05, 0.1) is 13.7 Å². The first-order valence-electron chi connectivity index (χ1n) is 5.59. The van der Waals surface area contributed by atoms with Crippen LogP contribution in [0.3, 0.4) is 0 Å². The summed E-state index contributed by atoms with van der Waals surface area (Å²) in [6.45, 7) is 4.75. The highest BCUT2D eigenvalue weighted by atomic mass is 16.6. The van der Waals surface area contributed by atoms with E-state index in [1.807, 2.05) is 4.90 Å². The van der Waals surface area contributed by atoms with Gasteiger partial charge in [-0.1, -0.05) is 0 Å². The quantitative estimate of drug-likeness (QED) is 0.531. The molecular formula is C11H18N2O4. The molecule has 0 aromatic rings. The maximum atomic E-state index is 11.4. The molecule has 96 valence electrons. The maximum absolute atomic E-state index is 11.4. The standard InChI is InChI=1S/C11H18N2O4/c1-3-17-11(15)13-8-6-12(7-9-13)5-4-10(14)16-2/h4-5H,3,6-9H2,1-2H3/b5-4+. The van der Waals surface area contributed by atoms with Crippen molar-refractivity contribution >= 4 is 12.1 Å². The summed E-state index contributed by atoms with van der Waals surface area (Å²) >= 11 is 0. The average Bonchev–Trinajstić information content (AvgIpc) is 2.36. The Morgan fingerprint density at radius 2 is 1.88 bits per heavy atom. The molecule has 0 radical (unpaired) electrons. The molecule has 6 heteroatoms. The average molecular weight is 242 g/mol. The summed E-state index contributed by atoms with van der Waals surface area (Å²) in [4.78, 5) is 25.9. The van der Waals surface area contributed by atoms with Gasteiger partial charge in [-0.25, -0.2) is 9.59 Å². The van der Waals surface area contributed by atoms with E-state index in [2.05, 4.69) is 4.74 Å². The first-order chi connectivity index (χ1) is 8.17.